The van der Waals surface area contributed by atoms with E-state index in [-0.39, 0.29) is 5.92 Å². The van der Waals surface area contributed by atoms with Crippen LogP contribution in [0.1, 0.15) is 18.9 Å². The first kappa shape index (κ1) is 13.9. The van der Waals surface area contributed by atoms with E-state index in [1.165, 1.54) is 10.7 Å². The van der Waals surface area contributed by atoms with E-state index >= 15 is 0 Å². The number of hydrogen-bond acceptors (Lipinski definition) is 3. The summed E-state index contributed by atoms with van der Waals surface area (Å²) in [4.78, 5) is 11.4. The summed E-state index contributed by atoms with van der Waals surface area (Å²) in [5.41, 5.74) is 1.68. The average molecular weight is 314 g/mol. The summed E-state index contributed by atoms with van der Waals surface area (Å²) in [5, 5.41) is 18.3. The fourth-order valence-corrected chi connectivity index (χ4v) is 2.96. The zero-order valence-electron chi connectivity index (χ0n) is 12.5. The van der Waals surface area contributed by atoms with Crippen molar-refractivity contribution in [3.05, 3.63) is 36.5 Å². The van der Waals surface area contributed by atoms with Crippen LogP contribution in [-0.4, -0.2) is 30.6 Å². The van der Waals surface area contributed by atoms with Crippen molar-refractivity contribution in [3.8, 4) is 11.1 Å². The van der Waals surface area contributed by atoms with E-state index in [0.717, 1.165) is 12.8 Å². The van der Waals surface area contributed by atoms with E-state index < -0.39 is 17.8 Å². The zero-order chi connectivity index (χ0) is 16.1. The summed E-state index contributed by atoms with van der Waals surface area (Å²) in [7, 11) is 1.74. The lowest BCUT2D eigenvalue weighted by Gasteiger charge is -2.11. The third-order valence-corrected chi connectivity index (χ3v) is 4.22. The van der Waals surface area contributed by atoms with E-state index in [9.17, 15) is 14.3 Å². The van der Waals surface area contributed by atoms with Gasteiger partial charge in [-0.15, -0.1) is 0 Å². The SMILES string of the molecule is Cn1cc2cc(-c3cnn(C(C(=O)O)C4CC4)c3)cc(F)c2n1. The lowest BCUT2D eigenvalue weighted by molar-refractivity contribution is -0.141. The maximum atomic E-state index is 14.2. The lowest BCUT2D eigenvalue weighted by atomic mass is 10.1. The highest BCUT2D eigenvalue weighted by atomic mass is 19.1. The molecule has 0 spiro atoms. The quantitative estimate of drug-likeness (QED) is 0.803. The summed E-state index contributed by atoms with van der Waals surface area (Å²) in [6.07, 6.45) is 6.81. The van der Waals surface area contributed by atoms with Gasteiger partial charge in [0.1, 0.15) is 5.52 Å². The van der Waals surface area contributed by atoms with Gasteiger partial charge >= 0.3 is 5.97 Å². The monoisotopic (exact) mass is 314 g/mol. The van der Waals surface area contributed by atoms with Crippen LogP contribution in [0.5, 0.6) is 0 Å². The highest BCUT2D eigenvalue weighted by Crippen LogP contribution is 2.40. The first-order valence-corrected chi connectivity index (χ1v) is 7.43. The molecule has 1 unspecified atom stereocenters. The Morgan fingerprint density at radius 3 is 2.83 bits per heavy atom. The van der Waals surface area contributed by atoms with Gasteiger partial charge < -0.3 is 5.11 Å². The van der Waals surface area contributed by atoms with Gasteiger partial charge in [-0.3, -0.25) is 9.36 Å². The molecule has 1 fully saturated rings. The Labute approximate surface area is 131 Å². The van der Waals surface area contributed by atoms with E-state index in [0.29, 0.717) is 22.0 Å². The number of aromatic nitrogens is 4. The van der Waals surface area contributed by atoms with Gasteiger partial charge in [0.2, 0.25) is 0 Å². The Hall–Kier alpha value is -2.70. The predicted molar refractivity (Wildman–Crippen MR) is 81.3 cm³/mol. The molecular formula is C16H15FN4O2. The van der Waals surface area contributed by atoms with Crippen molar-refractivity contribution in [2.45, 2.75) is 18.9 Å². The summed E-state index contributed by atoms with van der Waals surface area (Å²) in [5.74, 6) is -1.14. The fourth-order valence-electron chi connectivity index (χ4n) is 2.96. The average Bonchev–Trinajstić information content (AvgIpc) is 3.04. The molecule has 0 radical (unpaired) electrons. The molecule has 0 bridgehead atoms. The lowest BCUT2D eigenvalue weighted by Crippen LogP contribution is -2.21. The number of carboxylic acid groups (broad SMARTS) is 1. The Bertz CT molecular complexity index is 910. The summed E-state index contributed by atoms with van der Waals surface area (Å²) in [6, 6.07) is 2.60. The number of rotatable bonds is 4. The molecule has 23 heavy (non-hydrogen) atoms. The molecule has 1 aliphatic rings. The van der Waals surface area contributed by atoms with E-state index in [1.54, 1.807) is 30.3 Å². The number of benzene rings is 1. The minimum atomic E-state index is -0.879. The molecule has 6 nitrogen and oxygen atoms in total. The third-order valence-electron chi connectivity index (χ3n) is 4.22. The molecule has 2 heterocycles. The van der Waals surface area contributed by atoms with Crippen LogP contribution in [0, 0.1) is 11.7 Å². The van der Waals surface area contributed by atoms with Crippen LogP contribution in [0.4, 0.5) is 4.39 Å². The van der Waals surface area contributed by atoms with Gasteiger partial charge in [0.25, 0.3) is 0 Å². The number of carboxylic acids is 1. The van der Waals surface area contributed by atoms with Crippen molar-refractivity contribution >= 4 is 16.9 Å². The van der Waals surface area contributed by atoms with Crippen LogP contribution in [0.15, 0.2) is 30.7 Å². The smallest absolute Gasteiger partial charge is 0.328 e. The standard InChI is InChI=1S/C16H15FN4O2/c1-20-7-11-4-10(5-13(17)14(11)19-20)12-6-18-21(8-12)15(16(22)23)9-2-3-9/h4-9,15H,2-3H2,1H3,(H,22,23). The van der Waals surface area contributed by atoms with E-state index in [1.807, 2.05) is 6.07 Å². The van der Waals surface area contributed by atoms with E-state index in [4.69, 9.17) is 0 Å². The molecule has 3 aromatic rings. The zero-order valence-corrected chi connectivity index (χ0v) is 12.5. The van der Waals surface area contributed by atoms with Gasteiger partial charge in [0.15, 0.2) is 11.9 Å². The first-order chi connectivity index (χ1) is 11.0. The van der Waals surface area contributed by atoms with Crippen LogP contribution in [-0.2, 0) is 11.8 Å². The van der Waals surface area contributed by atoms with Gasteiger partial charge in [-0.2, -0.15) is 10.2 Å². The molecule has 1 aromatic carbocycles. The molecule has 118 valence electrons. The second-order valence-corrected chi connectivity index (χ2v) is 6.03. The Balaban J connectivity index is 1.75. The molecule has 0 aliphatic heterocycles. The molecule has 1 N–H and O–H groups in total. The van der Waals surface area contributed by atoms with Gasteiger partial charge in [0, 0.05) is 30.4 Å². The number of carbonyl (C=O) groups is 1. The number of fused-ring (bicyclic) bond motifs is 1. The number of nitrogens with zero attached hydrogens (tertiary/aromatic N) is 4. The van der Waals surface area contributed by atoms with Crippen molar-refractivity contribution < 1.29 is 14.3 Å². The number of halogens is 1. The molecule has 0 amide bonds. The highest BCUT2D eigenvalue weighted by molar-refractivity contribution is 5.84. The Kier molecular flexibility index (Phi) is 2.97. The van der Waals surface area contributed by atoms with Crippen molar-refractivity contribution in [1.29, 1.82) is 0 Å². The fraction of sp³-hybridized carbons (Fsp3) is 0.312. The molecule has 1 aliphatic carbocycles. The summed E-state index contributed by atoms with van der Waals surface area (Å²) in [6.45, 7) is 0. The minimum Gasteiger partial charge on any atom is -0.480 e. The second-order valence-electron chi connectivity index (χ2n) is 6.03. The van der Waals surface area contributed by atoms with Crippen LogP contribution in [0.3, 0.4) is 0 Å². The van der Waals surface area contributed by atoms with Crippen LogP contribution >= 0.6 is 0 Å². The number of aryl methyl sites for hydroxylation is 1. The molecule has 1 saturated carbocycles. The van der Waals surface area contributed by atoms with Crippen LogP contribution in [0.2, 0.25) is 0 Å². The molecule has 4 rings (SSSR count). The molecule has 0 saturated heterocycles. The molecule has 7 heteroatoms. The minimum absolute atomic E-state index is 0.137. The molecular weight excluding hydrogens is 299 g/mol. The second kappa shape index (κ2) is 4.91. The summed E-state index contributed by atoms with van der Waals surface area (Å²) >= 11 is 0. The van der Waals surface area contributed by atoms with Crippen molar-refractivity contribution in [2.24, 2.45) is 13.0 Å². The van der Waals surface area contributed by atoms with Crippen molar-refractivity contribution in [2.75, 3.05) is 0 Å². The van der Waals surface area contributed by atoms with Gasteiger partial charge in [-0.05, 0) is 36.5 Å². The Morgan fingerprint density at radius 2 is 2.13 bits per heavy atom. The van der Waals surface area contributed by atoms with Gasteiger partial charge in [0.05, 0.1) is 6.20 Å². The number of aliphatic carboxylic acids is 1. The van der Waals surface area contributed by atoms with Gasteiger partial charge in [-0.25, -0.2) is 9.18 Å². The first-order valence-electron chi connectivity index (χ1n) is 7.43. The normalized spacial score (nSPS) is 15.9. The van der Waals surface area contributed by atoms with Crippen LogP contribution in [0.25, 0.3) is 22.0 Å². The van der Waals surface area contributed by atoms with Gasteiger partial charge in [-0.1, -0.05) is 0 Å². The topological polar surface area (TPSA) is 72.9 Å². The molecule has 1 atom stereocenters. The molecule has 2 aromatic heterocycles. The van der Waals surface area contributed by atoms with Crippen LogP contribution < -0.4 is 0 Å². The van der Waals surface area contributed by atoms with Crippen molar-refractivity contribution in [1.82, 2.24) is 19.6 Å². The Morgan fingerprint density at radius 1 is 1.35 bits per heavy atom. The maximum Gasteiger partial charge on any atom is 0.328 e. The summed E-state index contributed by atoms with van der Waals surface area (Å²) < 4.78 is 17.2. The van der Waals surface area contributed by atoms with E-state index in [2.05, 4.69) is 10.2 Å². The highest BCUT2D eigenvalue weighted by Gasteiger charge is 2.38. The maximum absolute atomic E-state index is 14.2. The largest absolute Gasteiger partial charge is 0.480 e. The predicted octanol–water partition coefficient (Wildman–Crippen LogP) is 2.61. The number of hydrogen-bond donors (Lipinski definition) is 1. The van der Waals surface area contributed by atoms with Crippen molar-refractivity contribution in [3.63, 3.8) is 0 Å². The third kappa shape index (κ3) is 2.38.